The lowest BCUT2D eigenvalue weighted by molar-refractivity contribution is 0.0765. The zero-order valence-electron chi connectivity index (χ0n) is 15.1. The molecular weight excluding hydrogens is 484 g/mol. The van der Waals surface area contributed by atoms with Crippen LogP contribution in [0.5, 0.6) is 0 Å². The van der Waals surface area contributed by atoms with Crippen LogP contribution in [0.15, 0.2) is 60.9 Å². The maximum atomic E-state index is 14.7. The fourth-order valence-corrected chi connectivity index (χ4v) is 4.04. The second-order valence-electron chi connectivity index (χ2n) is 6.88. The summed E-state index contributed by atoms with van der Waals surface area (Å²) in [6, 6.07) is 14.3. The minimum Gasteiger partial charge on any atom is -0.355 e. The quantitative estimate of drug-likeness (QED) is 0.415. The van der Waals surface area contributed by atoms with Gasteiger partial charge in [0.05, 0.1) is 46.2 Å². The molecule has 5 rings (SSSR count). The summed E-state index contributed by atoms with van der Waals surface area (Å²) in [7, 11) is 0. The molecule has 144 valence electrons. The van der Waals surface area contributed by atoms with Crippen LogP contribution in [0.1, 0.15) is 21.6 Å². The van der Waals surface area contributed by atoms with Gasteiger partial charge in [-0.3, -0.25) is 9.78 Å². The van der Waals surface area contributed by atoms with E-state index in [4.69, 9.17) is 0 Å². The summed E-state index contributed by atoms with van der Waals surface area (Å²) in [5.41, 5.74) is 4.20. The van der Waals surface area contributed by atoms with Crippen molar-refractivity contribution in [3.8, 4) is 0 Å². The Kier molecular flexibility index (Phi) is 4.42. The van der Waals surface area contributed by atoms with Crippen molar-refractivity contribution >= 4 is 51.0 Å². The standard InChI is InChI=1S/C21H15FIN5O/c22-18-9-16(25-15-5-6-19-14(8-15)11-28(23)26-19)4-3-13(18)10-27-12-20-17(21(27)29)2-1-7-24-20/h1-9,11,25H,10,12H2. The number of carbonyl (C=O) groups excluding carboxylic acids is 1. The van der Waals surface area contributed by atoms with Gasteiger partial charge < -0.3 is 10.2 Å². The predicted octanol–water partition coefficient (Wildman–Crippen LogP) is 4.67. The van der Waals surface area contributed by atoms with Gasteiger partial charge in [0, 0.05) is 41.3 Å². The lowest BCUT2D eigenvalue weighted by Gasteiger charge is -2.16. The number of nitrogens with zero attached hydrogens (tertiary/aromatic N) is 4. The van der Waals surface area contributed by atoms with Gasteiger partial charge >= 0.3 is 0 Å². The van der Waals surface area contributed by atoms with Crippen molar-refractivity contribution in [2.45, 2.75) is 13.1 Å². The summed E-state index contributed by atoms with van der Waals surface area (Å²) >= 11 is 2.10. The molecule has 1 amide bonds. The molecule has 8 heteroatoms. The molecule has 2 aromatic heterocycles. The molecule has 0 atom stereocenters. The van der Waals surface area contributed by atoms with Gasteiger partial charge in [-0.05, 0) is 42.5 Å². The Labute approximate surface area is 179 Å². The van der Waals surface area contributed by atoms with Crippen LogP contribution in [0.4, 0.5) is 15.8 Å². The van der Waals surface area contributed by atoms with E-state index in [0.717, 1.165) is 22.3 Å². The number of halogens is 2. The van der Waals surface area contributed by atoms with Gasteiger partial charge in [0.15, 0.2) is 0 Å². The average molecular weight is 499 g/mol. The van der Waals surface area contributed by atoms with Crippen molar-refractivity contribution in [1.29, 1.82) is 0 Å². The number of hydrogen-bond acceptors (Lipinski definition) is 4. The second-order valence-corrected chi connectivity index (χ2v) is 7.87. The molecule has 0 aliphatic carbocycles. The molecule has 4 aromatic rings. The molecule has 1 aliphatic rings. The Morgan fingerprint density at radius 1 is 1.14 bits per heavy atom. The molecule has 0 bridgehead atoms. The van der Waals surface area contributed by atoms with E-state index in [1.807, 2.05) is 30.5 Å². The van der Waals surface area contributed by atoms with E-state index >= 15 is 0 Å². The molecular formula is C21H15FIN5O. The first kappa shape index (κ1) is 18.0. The predicted molar refractivity (Wildman–Crippen MR) is 117 cm³/mol. The molecule has 0 spiro atoms. The van der Waals surface area contributed by atoms with Crippen molar-refractivity contribution in [3.05, 3.63) is 83.6 Å². The Morgan fingerprint density at radius 2 is 1.97 bits per heavy atom. The van der Waals surface area contributed by atoms with E-state index in [1.54, 1.807) is 32.2 Å². The number of nitrogens with one attached hydrogen (secondary N) is 1. The van der Waals surface area contributed by atoms with E-state index in [2.05, 4.69) is 38.3 Å². The third-order valence-corrected chi connectivity index (χ3v) is 5.42. The number of pyridine rings is 1. The van der Waals surface area contributed by atoms with Crippen LogP contribution in [0.25, 0.3) is 10.9 Å². The van der Waals surface area contributed by atoms with E-state index < -0.39 is 0 Å². The Morgan fingerprint density at radius 3 is 2.79 bits per heavy atom. The Balaban J connectivity index is 1.33. The van der Waals surface area contributed by atoms with E-state index in [0.29, 0.717) is 23.4 Å². The molecule has 1 N–H and O–H groups in total. The number of benzene rings is 2. The number of anilines is 2. The van der Waals surface area contributed by atoms with Crippen LogP contribution in [0.2, 0.25) is 0 Å². The number of amides is 1. The van der Waals surface area contributed by atoms with Crippen molar-refractivity contribution in [2.24, 2.45) is 0 Å². The zero-order valence-corrected chi connectivity index (χ0v) is 17.3. The number of carbonyl (C=O) groups is 1. The zero-order chi connectivity index (χ0) is 20.0. The number of rotatable bonds is 4. The number of fused-ring (bicyclic) bond motifs is 2. The SMILES string of the molecule is O=C1c2cccnc2CN1Cc1ccc(Nc2ccc3nn(I)cc3c2)cc1F. The minimum absolute atomic E-state index is 0.112. The summed E-state index contributed by atoms with van der Waals surface area (Å²) in [6.07, 6.45) is 3.59. The largest absolute Gasteiger partial charge is 0.355 e. The number of aromatic nitrogens is 3. The monoisotopic (exact) mass is 499 g/mol. The highest BCUT2D eigenvalue weighted by Crippen LogP contribution is 2.26. The van der Waals surface area contributed by atoms with Gasteiger partial charge in [-0.2, -0.15) is 5.10 Å². The summed E-state index contributed by atoms with van der Waals surface area (Å²) in [6.45, 7) is 0.612. The highest BCUT2D eigenvalue weighted by Gasteiger charge is 2.28. The maximum Gasteiger partial charge on any atom is 0.256 e. The van der Waals surface area contributed by atoms with Crippen LogP contribution >= 0.6 is 22.9 Å². The molecule has 3 heterocycles. The Bertz CT molecular complexity index is 1260. The first-order valence-electron chi connectivity index (χ1n) is 9.01. The first-order chi connectivity index (χ1) is 14.1. The molecule has 6 nitrogen and oxygen atoms in total. The van der Waals surface area contributed by atoms with Gasteiger partial charge in [0.1, 0.15) is 5.82 Å². The summed E-state index contributed by atoms with van der Waals surface area (Å²) < 4.78 is 16.4. The lowest BCUT2D eigenvalue weighted by Crippen LogP contribution is -2.23. The third kappa shape index (κ3) is 3.44. The molecule has 0 saturated carbocycles. The molecule has 0 fully saturated rings. The highest BCUT2D eigenvalue weighted by atomic mass is 127. The summed E-state index contributed by atoms with van der Waals surface area (Å²) in [4.78, 5) is 18.3. The smallest absolute Gasteiger partial charge is 0.256 e. The normalized spacial score (nSPS) is 13.2. The summed E-state index contributed by atoms with van der Waals surface area (Å²) in [5.74, 6) is -0.466. The Hall–Kier alpha value is -3.01. The number of hydrogen-bond donors (Lipinski definition) is 1. The van der Waals surface area contributed by atoms with Crippen LogP contribution < -0.4 is 5.32 Å². The molecule has 0 unspecified atom stereocenters. The average Bonchev–Trinajstić information content (AvgIpc) is 3.23. The van der Waals surface area contributed by atoms with Crippen LogP contribution in [0.3, 0.4) is 0 Å². The van der Waals surface area contributed by atoms with E-state index in [1.165, 1.54) is 6.07 Å². The van der Waals surface area contributed by atoms with E-state index in [9.17, 15) is 9.18 Å². The highest BCUT2D eigenvalue weighted by molar-refractivity contribution is 14.1. The third-order valence-electron chi connectivity index (χ3n) is 4.93. The molecule has 0 saturated heterocycles. The lowest BCUT2D eigenvalue weighted by atomic mass is 10.1. The van der Waals surface area contributed by atoms with Crippen LogP contribution in [-0.2, 0) is 13.1 Å². The molecule has 29 heavy (non-hydrogen) atoms. The minimum atomic E-state index is -0.354. The molecule has 2 aromatic carbocycles. The van der Waals surface area contributed by atoms with Crippen LogP contribution in [-0.4, -0.2) is 23.8 Å². The molecule has 0 radical (unpaired) electrons. The van der Waals surface area contributed by atoms with Gasteiger partial charge in [-0.15, -0.1) is 0 Å². The fraction of sp³-hybridized carbons (Fsp3) is 0.0952. The topological polar surface area (TPSA) is 63.1 Å². The van der Waals surface area contributed by atoms with Gasteiger partial charge in [-0.25, -0.2) is 7.29 Å². The molecule has 1 aliphatic heterocycles. The van der Waals surface area contributed by atoms with Crippen molar-refractivity contribution in [3.63, 3.8) is 0 Å². The van der Waals surface area contributed by atoms with Crippen molar-refractivity contribution in [1.82, 2.24) is 17.9 Å². The van der Waals surface area contributed by atoms with Crippen molar-refractivity contribution < 1.29 is 9.18 Å². The first-order valence-corrected chi connectivity index (χ1v) is 9.97. The van der Waals surface area contributed by atoms with Crippen molar-refractivity contribution in [2.75, 3.05) is 5.32 Å². The fourth-order valence-electron chi connectivity index (χ4n) is 3.51. The van der Waals surface area contributed by atoms with Gasteiger partial charge in [0.25, 0.3) is 5.91 Å². The summed E-state index contributed by atoms with van der Waals surface area (Å²) in [5, 5.41) is 8.56. The van der Waals surface area contributed by atoms with Crippen LogP contribution in [0, 0.1) is 5.82 Å². The van der Waals surface area contributed by atoms with Gasteiger partial charge in [0.2, 0.25) is 0 Å². The van der Waals surface area contributed by atoms with Gasteiger partial charge in [-0.1, -0.05) is 6.07 Å². The maximum absolute atomic E-state index is 14.7. The van der Waals surface area contributed by atoms with E-state index in [-0.39, 0.29) is 18.3 Å². The second kappa shape index (κ2) is 7.11.